The lowest BCUT2D eigenvalue weighted by molar-refractivity contribution is -0.121. The van der Waals surface area contributed by atoms with Crippen molar-refractivity contribution in [2.75, 3.05) is 18.4 Å². The molecule has 30 heavy (non-hydrogen) atoms. The maximum atomic E-state index is 13.2. The van der Waals surface area contributed by atoms with Gasteiger partial charge in [0.05, 0.1) is 11.6 Å². The van der Waals surface area contributed by atoms with Crippen molar-refractivity contribution in [2.45, 2.75) is 26.3 Å². The fraction of sp³-hybridized carbons (Fsp3) is 0.333. The minimum Gasteiger partial charge on any atom is -0.334 e. The molecule has 1 unspecified atom stereocenters. The summed E-state index contributed by atoms with van der Waals surface area (Å²) >= 11 is 0. The van der Waals surface area contributed by atoms with E-state index in [9.17, 15) is 9.18 Å². The molecule has 0 bridgehead atoms. The van der Waals surface area contributed by atoms with Gasteiger partial charge in [-0.05, 0) is 61.7 Å². The highest BCUT2D eigenvalue weighted by molar-refractivity contribution is 5.93. The average Bonchev–Trinajstić information content (AvgIpc) is 3.07. The zero-order valence-electron chi connectivity index (χ0n) is 17.4. The van der Waals surface area contributed by atoms with Gasteiger partial charge >= 0.3 is 0 Å². The van der Waals surface area contributed by atoms with Crippen LogP contribution in [0.4, 0.5) is 10.1 Å². The summed E-state index contributed by atoms with van der Waals surface area (Å²) in [6.07, 6.45) is 3.81. The number of hydrogen-bond donors (Lipinski definition) is 1. The molecule has 1 amide bonds. The number of piperidine rings is 1. The van der Waals surface area contributed by atoms with E-state index in [1.165, 1.54) is 17.8 Å². The van der Waals surface area contributed by atoms with Crippen molar-refractivity contribution in [3.8, 4) is 11.1 Å². The summed E-state index contributed by atoms with van der Waals surface area (Å²) in [7, 11) is 2.03. The number of anilines is 1. The largest absolute Gasteiger partial charge is 0.334 e. The molecule has 1 saturated heterocycles. The van der Waals surface area contributed by atoms with Crippen molar-refractivity contribution in [1.82, 2.24) is 14.5 Å². The second-order valence-corrected chi connectivity index (χ2v) is 8.01. The molecule has 1 aliphatic heterocycles. The average molecular weight is 407 g/mol. The van der Waals surface area contributed by atoms with E-state index >= 15 is 0 Å². The molecule has 1 aromatic heterocycles. The maximum absolute atomic E-state index is 13.2. The third-order valence-corrected chi connectivity index (χ3v) is 5.89. The number of amides is 1. The summed E-state index contributed by atoms with van der Waals surface area (Å²) in [6, 6.07) is 14.1. The van der Waals surface area contributed by atoms with Gasteiger partial charge in [-0.1, -0.05) is 24.3 Å². The standard InChI is InChI=1S/C24H27FN4O/c1-17-26-14-23(28(17)2)16-29-12-4-6-20(15-29)24(30)27-22-7-3-5-19(13-22)18-8-10-21(25)11-9-18/h3,5,7-11,13-14,20H,4,6,12,15-16H2,1-2H3,(H,27,30). The number of aromatic nitrogens is 2. The van der Waals surface area contributed by atoms with Crippen molar-refractivity contribution in [3.63, 3.8) is 0 Å². The molecule has 1 fully saturated rings. The fourth-order valence-electron chi connectivity index (χ4n) is 4.00. The summed E-state index contributed by atoms with van der Waals surface area (Å²) in [5.41, 5.74) is 3.80. The van der Waals surface area contributed by atoms with Crippen LogP contribution in [0.1, 0.15) is 24.4 Å². The van der Waals surface area contributed by atoms with E-state index in [1.807, 2.05) is 44.4 Å². The monoisotopic (exact) mass is 406 g/mol. The highest BCUT2D eigenvalue weighted by Crippen LogP contribution is 2.25. The molecular weight excluding hydrogens is 379 g/mol. The lowest BCUT2D eigenvalue weighted by atomic mass is 9.96. The number of hydrogen-bond acceptors (Lipinski definition) is 3. The first kappa shape index (κ1) is 20.3. The molecule has 6 heteroatoms. The molecule has 0 radical (unpaired) electrons. The predicted molar refractivity (Wildman–Crippen MR) is 116 cm³/mol. The summed E-state index contributed by atoms with van der Waals surface area (Å²) < 4.78 is 15.3. The summed E-state index contributed by atoms with van der Waals surface area (Å²) in [5, 5.41) is 3.08. The van der Waals surface area contributed by atoms with Gasteiger partial charge in [0.25, 0.3) is 0 Å². The molecular formula is C24H27FN4O. The van der Waals surface area contributed by atoms with E-state index in [1.54, 1.807) is 12.1 Å². The van der Waals surface area contributed by atoms with Gasteiger partial charge in [-0.15, -0.1) is 0 Å². The minimum absolute atomic E-state index is 0.0393. The predicted octanol–water partition coefficient (Wildman–Crippen LogP) is 4.39. The molecule has 2 heterocycles. The SMILES string of the molecule is Cc1ncc(CN2CCCC(C(=O)Nc3cccc(-c4ccc(F)cc4)c3)C2)n1C. The molecule has 1 N–H and O–H groups in total. The lowest BCUT2D eigenvalue weighted by Crippen LogP contribution is -2.40. The number of benzene rings is 2. The van der Waals surface area contributed by atoms with Gasteiger partial charge in [-0.2, -0.15) is 0 Å². The van der Waals surface area contributed by atoms with Crippen molar-refractivity contribution in [2.24, 2.45) is 13.0 Å². The molecule has 0 aliphatic carbocycles. The number of nitrogens with one attached hydrogen (secondary N) is 1. The zero-order chi connectivity index (χ0) is 21.1. The van der Waals surface area contributed by atoms with Gasteiger partial charge in [0.15, 0.2) is 0 Å². The first-order valence-electron chi connectivity index (χ1n) is 10.4. The summed E-state index contributed by atoms with van der Waals surface area (Å²) in [6.45, 7) is 4.54. The van der Waals surface area contributed by atoms with Gasteiger partial charge in [0, 0.05) is 32.0 Å². The smallest absolute Gasteiger partial charge is 0.228 e. The van der Waals surface area contributed by atoms with E-state index in [0.717, 1.165) is 55.1 Å². The first-order valence-corrected chi connectivity index (χ1v) is 10.4. The Balaban J connectivity index is 1.40. The molecule has 2 aromatic carbocycles. The van der Waals surface area contributed by atoms with Gasteiger partial charge in [-0.25, -0.2) is 9.37 Å². The minimum atomic E-state index is -0.258. The van der Waals surface area contributed by atoms with Crippen LogP contribution in [-0.2, 0) is 18.4 Å². The first-order chi connectivity index (χ1) is 14.5. The van der Waals surface area contributed by atoms with E-state index in [4.69, 9.17) is 0 Å². The normalized spacial score (nSPS) is 17.1. The van der Waals surface area contributed by atoms with Crippen LogP contribution in [0.15, 0.2) is 54.7 Å². The van der Waals surface area contributed by atoms with Crippen molar-refractivity contribution in [1.29, 1.82) is 0 Å². The molecule has 5 nitrogen and oxygen atoms in total. The molecule has 4 rings (SSSR count). The van der Waals surface area contributed by atoms with Crippen molar-refractivity contribution < 1.29 is 9.18 Å². The molecule has 1 atom stereocenters. The van der Waals surface area contributed by atoms with Crippen molar-refractivity contribution in [3.05, 3.63) is 72.1 Å². The zero-order valence-corrected chi connectivity index (χ0v) is 17.4. The quantitative estimate of drug-likeness (QED) is 0.684. The summed E-state index contributed by atoms with van der Waals surface area (Å²) in [5.74, 6) is 0.753. The number of carbonyl (C=O) groups is 1. The van der Waals surface area contributed by atoms with Crippen molar-refractivity contribution >= 4 is 11.6 Å². The van der Waals surface area contributed by atoms with Gasteiger partial charge in [0.2, 0.25) is 5.91 Å². The maximum Gasteiger partial charge on any atom is 0.228 e. The second kappa shape index (κ2) is 8.79. The number of aryl methyl sites for hydroxylation is 1. The molecule has 3 aromatic rings. The van der Waals surface area contributed by atoms with Crippen LogP contribution in [0.25, 0.3) is 11.1 Å². The molecule has 0 saturated carbocycles. The Hall–Kier alpha value is -2.99. The molecule has 0 spiro atoms. The topological polar surface area (TPSA) is 50.2 Å². The number of rotatable bonds is 5. The number of likely N-dealkylation sites (tertiary alicyclic amines) is 1. The molecule has 1 aliphatic rings. The van der Waals surface area contributed by atoms with E-state index in [-0.39, 0.29) is 17.6 Å². The molecule has 156 valence electrons. The number of carbonyl (C=O) groups excluding carboxylic acids is 1. The van der Waals surface area contributed by atoms with Crippen LogP contribution >= 0.6 is 0 Å². The number of nitrogens with zero attached hydrogens (tertiary/aromatic N) is 3. The lowest BCUT2D eigenvalue weighted by Gasteiger charge is -2.32. The Morgan fingerprint density at radius 3 is 2.73 bits per heavy atom. The third kappa shape index (κ3) is 4.60. The van der Waals surface area contributed by atoms with Crippen LogP contribution in [0, 0.1) is 18.7 Å². The highest BCUT2D eigenvalue weighted by atomic mass is 19.1. The Morgan fingerprint density at radius 2 is 2.00 bits per heavy atom. The van der Waals surface area contributed by atoms with Crippen LogP contribution in [0.2, 0.25) is 0 Å². The second-order valence-electron chi connectivity index (χ2n) is 8.01. The van der Waals surface area contributed by atoms with E-state index in [0.29, 0.717) is 0 Å². The van der Waals surface area contributed by atoms with Crippen LogP contribution in [0.3, 0.4) is 0 Å². The highest BCUT2D eigenvalue weighted by Gasteiger charge is 2.26. The van der Waals surface area contributed by atoms with Crippen LogP contribution in [-0.4, -0.2) is 33.4 Å². The number of halogens is 1. The van der Waals surface area contributed by atoms with Gasteiger partial charge in [0.1, 0.15) is 11.6 Å². The Labute approximate surface area is 176 Å². The van der Waals surface area contributed by atoms with Gasteiger partial charge in [-0.3, -0.25) is 9.69 Å². The van der Waals surface area contributed by atoms with Crippen LogP contribution in [0.5, 0.6) is 0 Å². The third-order valence-electron chi connectivity index (χ3n) is 5.89. The van der Waals surface area contributed by atoms with Crippen LogP contribution < -0.4 is 5.32 Å². The van der Waals surface area contributed by atoms with Gasteiger partial charge < -0.3 is 9.88 Å². The Kier molecular flexibility index (Phi) is 5.95. The Morgan fingerprint density at radius 1 is 1.20 bits per heavy atom. The Bertz CT molecular complexity index is 1030. The number of imidazole rings is 1. The van der Waals surface area contributed by atoms with E-state index < -0.39 is 0 Å². The summed E-state index contributed by atoms with van der Waals surface area (Å²) in [4.78, 5) is 19.6. The van der Waals surface area contributed by atoms with E-state index in [2.05, 4.69) is 19.8 Å². The fourth-order valence-corrected chi connectivity index (χ4v) is 4.00.